The van der Waals surface area contributed by atoms with Gasteiger partial charge in [0.15, 0.2) is 0 Å². The molecule has 0 aliphatic heterocycles. The molecule has 0 atom stereocenters. The van der Waals surface area contributed by atoms with Gasteiger partial charge in [0.25, 0.3) is 0 Å². The molecule has 0 saturated heterocycles. The quantitative estimate of drug-likeness (QED) is 0.178. The molecule has 0 amide bonds. The summed E-state index contributed by atoms with van der Waals surface area (Å²) in [5, 5.41) is 0. The third-order valence-corrected chi connectivity index (χ3v) is 4.79. The van der Waals surface area contributed by atoms with Crippen molar-refractivity contribution in [1.82, 2.24) is 0 Å². The van der Waals surface area contributed by atoms with Crippen molar-refractivity contribution in [3.05, 3.63) is 0 Å². The van der Waals surface area contributed by atoms with Crippen LogP contribution in [0.5, 0.6) is 0 Å². The number of hydrogen-bond acceptors (Lipinski definition) is 6. The van der Waals surface area contributed by atoms with Crippen molar-refractivity contribution < 1.29 is 28.5 Å². The van der Waals surface area contributed by atoms with Crippen LogP contribution in [0.1, 0.15) is 96.8 Å². The molecule has 0 saturated carbocycles. The SMILES string of the molecule is CCCCCCCCCCCCCCCC(=O)OCCOCCOCC(=O)OC. The van der Waals surface area contributed by atoms with E-state index in [1.165, 1.54) is 77.7 Å². The normalized spacial score (nSPS) is 10.8. The Bertz CT molecular complexity index is 372. The zero-order valence-corrected chi connectivity index (χ0v) is 18.9. The van der Waals surface area contributed by atoms with E-state index in [2.05, 4.69) is 11.7 Å². The van der Waals surface area contributed by atoms with Crippen LogP contribution in [-0.2, 0) is 28.5 Å². The Morgan fingerprint density at radius 1 is 0.586 bits per heavy atom. The maximum Gasteiger partial charge on any atom is 0.331 e. The van der Waals surface area contributed by atoms with Crippen LogP contribution in [0.25, 0.3) is 0 Å². The minimum absolute atomic E-state index is 0.0754. The average Bonchev–Trinajstić information content (AvgIpc) is 2.73. The van der Waals surface area contributed by atoms with Crippen molar-refractivity contribution in [2.75, 3.05) is 40.1 Å². The summed E-state index contributed by atoms with van der Waals surface area (Å²) in [4.78, 5) is 22.4. The minimum atomic E-state index is -0.410. The Morgan fingerprint density at radius 2 is 1.07 bits per heavy atom. The molecule has 6 heteroatoms. The molecule has 0 aromatic carbocycles. The van der Waals surface area contributed by atoms with Gasteiger partial charge < -0.3 is 18.9 Å². The van der Waals surface area contributed by atoms with E-state index in [0.29, 0.717) is 26.2 Å². The lowest BCUT2D eigenvalue weighted by Gasteiger charge is -2.07. The van der Waals surface area contributed by atoms with Crippen LogP contribution in [-0.4, -0.2) is 52.1 Å². The topological polar surface area (TPSA) is 71.1 Å². The lowest BCUT2D eigenvalue weighted by atomic mass is 10.0. The van der Waals surface area contributed by atoms with Crippen LogP contribution in [0, 0.1) is 0 Å². The van der Waals surface area contributed by atoms with Crippen molar-refractivity contribution in [3.63, 3.8) is 0 Å². The molecule has 0 fully saturated rings. The van der Waals surface area contributed by atoms with Crippen molar-refractivity contribution >= 4 is 11.9 Å². The standard InChI is InChI=1S/C23H44O6/c1-3-4-5-6-7-8-9-10-11-12-13-14-15-16-22(24)29-20-19-27-17-18-28-21-23(25)26-2/h3-21H2,1-2H3. The average molecular weight is 417 g/mol. The fourth-order valence-corrected chi connectivity index (χ4v) is 3.01. The van der Waals surface area contributed by atoms with Gasteiger partial charge in [0.2, 0.25) is 0 Å². The van der Waals surface area contributed by atoms with Crippen LogP contribution >= 0.6 is 0 Å². The van der Waals surface area contributed by atoms with E-state index >= 15 is 0 Å². The van der Waals surface area contributed by atoms with E-state index in [1.54, 1.807) is 0 Å². The van der Waals surface area contributed by atoms with Gasteiger partial charge in [-0.25, -0.2) is 4.79 Å². The highest BCUT2D eigenvalue weighted by Gasteiger charge is 2.03. The Hall–Kier alpha value is -1.14. The number of esters is 2. The molecule has 0 unspecified atom stereocenters. The van der Waals surface area contributed by atoms with E-state index in [0.717, 1.165) is 12.8 Å². The van der Waals surface area contributed by atoms with Gasteiger partial charge in [-0.15, -0.1) is 0 Å². The first-order chi connectivity index (χ1) is 14.2. The highest BCUT2D eigenvalue weighted by Crippen LogP contribution is 2.13. The number of carbonyl (C=O) groups excluding carboxylic acids is 2. The van der Waals surface area contributed by atoms with Crippen molar-refractivity contribution in [2.24, 2.45) is 0 Å². The van der Waals surface area contributed by atoms with Crippen LogP contribution < -0.4 is 0 Å². The molecule has 0 aromatic heterocycles. The van der Waals surface area contributed by atoms with Gasteiger partial charge in [-0.1, -0.05) is 84.0 Å². The van der Waals surface area contributed by atoms with E-state index in [9.17, 15) is 9.59 Å². The van der Waals surface area contributed by atoms with Gasteiger partial charge in [0, 0.05) is 6.42 Å². The van der Waals surface area contributed by atoms with E-state index in [1.807, 2.05) is 0 Å². The van der Waals surface area contributed by atoms with Gasteiger partial charge in [0.05, 0.1) is 26.9 Å². The summed E-state index contributed by atoms with van der Waals surface area (Å²) in [6.07, 6.45) is 17.3. The van der Waals surface area contributed by atoms with E-state index < -0.39 is 5.97 Å². The number of rotatable bonds is 22. The van der Waals surface area contributed by atoms with Crippen molar-refractivity contribution in [2.45, 2.75) is 96.8 Å². The van der Waals surface area contributed by atoms with Gasteiger partial charge in [-0.05, 0) is 6.42 Å². The second-order valence-corrected chi connectivity index (χ2v) is 7.45. The summed E-state index contributed by atoms with van der Waals surface area (Å²) in [5.74, 6) is -0.564. The molecular weight excluding hydrogens is 372 g/mol. The van der Waals surface area contributed by atoms with E-state index in [4.69, 9.17) is 14.2 Å². The Balaban J connectivity index is 3.18. The Kier molecular flexibility index (Phi) is 22.2. The van der Waals surface area contributed by atoms with Gasteiger partial charge in [-0.2, -0.15) is 0 Å². The summed E-state index contributed by atoms with van der Waals surface area (Å²) in [6.45, 7) is 3.44. The zero-order valence-electron chi connectivity index (χ0n) is 18.9. The third-order valence-electron chi connectivity index (χ3n) is 4.79. The number of ether oxygens (including phenoxy) is 4. The number of unbranched alkanes of at least 4 members (excludes halogenated alkanes) is 12. The monoisotopic (exact) mass is 416 g/mol. The van der Waals surface area contributed by atoms with Gasteiger partial charge in [-0.3, -0.25) is 4.79 Å². The molecule has 0 aliphatic rings. The Morgan fingerprint density at radius 3 is 1.62 bits per heavy atom. The summed E-state index contributed by atoms with van der Waals surface area (Å²) >= 11 is 0. The largest absolute Gasteiger partial charge is 0.467 e. The van der Waals surface area contributed by atoms with Crippen molar-refractivity contribution in [3.8, 4) is 0 Å². The summed E-state index contributed by atoms with van der Waals surface area (Å²) < 4.78 is 19.9. The predicted molar refractivity (Wildman–Crippen MR) is 115 cm³/mol. The molecule has 0 bridgehead atoms. The lowest BCUT2D eigenvalue weighted by Crippen LogP contribution is -2.15. The lowest BCUT2D eigenvalue weighted by molar-refractivity contribution is -0.148. The number of methoxy groups -OCH3 is 1. The smallest absolute Gasteiger partial charge is 0.331 e. The third kappa shape index (κ3) is 23.0. The second kappa shape index (κ2) is 23.1. The predicted octanol–water partition coefficient (Wildman–Crippen LogP) is 5.22. The number of hydrogen-bond donors (Lipinski definition) is 0. The molecule has 0 rings (SSSR count). The summed E-state index contributed by atoms with van der Waals surface area (Å²) in [7, 11) is 1.31. The molecule has 172 valence electrons. The van der Waals surface area contributed by atoms with Gasteiger partial charge in [0.1, 0.15) is 13.2 Å². The van der Waals surface area contributed by atoms with Crippen LogP contribution in [0.3, 0.4) is 0 Å². The molecule has 0 aliphatic carbocycles. The van der Waals surface area contributed by atoms with Crippen LogP contribution in [0.4, 0.5) is 0 Å². The first-order valence-corrected chi connectivity index (χ1v) is 11.6. The first kappa shape index (κ1) is 27.9. The first-order valence-electron chi connectivity index (χ1n) is 11.6. The highest BCUT2D eigenvalue weighted by atomic mass is 16.6. The molecule has 6 nitrogen and oxygen atoms in total. The molecule has 29 heavy (non-hydrogen) atoms. The minimum Gasteiger partial charge on any atom is -0.467 e. The molecule has 0 N–H and O–H groups in total. The molecule has 0 radical (unpaired) electrons. The molecular formula is C23H44O6. The molecule has 0 heterocycles. The summed E-state index contributed by atoms with van der Waals surface area (Å²) in [5.41, 5.74) is 0. The zero-order chi connectivity index (χ0) is 21.4. The van der Waals surface area contributed by atoms with E-state index in [-0.39, 0.29) is 19.2 Å². The fourth-order valence-electron chi connectivity index (χ4n) is 3.01. The number of carbonyl (C=O) groups is 2. The molecule has 0 aromatic rings. The maximum atomic E-state index is 11.6. The summed E-state index contributed by atoms with van der Waals surface area (Å²) in [6, 6.07) is 0. The highest BCUT2D eigenvalue weighted by molar-refractivity contribution is 5.70. The Labute approximate surface area is 178 Å². The fraction of sp³-hybridized carbons (Fsp3) is 0.913. The second-order valence-electron chi connectivity index (χ2n) is 7.45. The molecule has 0 spiro atoms. The van der Waals surface area contributed by atoms with Crippen molar-refractivity contribution in [1.29, 1.82) is 0 Å². The van der Waals surface area contributed by atoms with Crippen LogP contribution in [0.2, 0.25) is 0 Å². The maximum absolute atomic E-state index is 11.6. The van der Waals surface area contributed by atoms with Crippen LogP contribution in [0.15, 0.2) is 0 Å². The van der Waals surface area contributed by atoms with Gasteiger partial charge >= 0.3 is 11.9 Å².